The average molecular weight is 348 g/mol. The molecule has 4 nitrogen and oxygen atoms in total. The van der Waals surface area contributed by atoms with Gasteiger partial charge in [-0.25, -0.2) is 4.98 Å². The van der Waals surface area contributed by atoms with Gasteiger partial charge >= 0.3 is 0 Å². The van der Waals surface area contributed by atoms with E-state index in [1.165, 1.54) is 0 Å². The van der Waals surface area contributed by atoms with E-state index in [0.29, 0.717) is 0 Å². The van der Waals surface area contributed by atoms with E-state index in [0.717, 1.165) is 40.1 Å². The van der Waals surface area contributed by atoms with E-state index < -0.39 is 0 Å². The van der Waals surface area contributed by atoms with Crippen molar-refractivity contribution in [2.24, 2.45) is 0 Å². The summed E-state index contributed by atoms with van der Waals surface area (Å²) < 4.78 is 9.10. The highest BCUT2D eigenvalue weighted by Gasteiger charge is 2.11. The molecule has 0 saturated carbocycles. The van der Waals surface area contributed by atoms with E-state index in [9.17, 15) is 0 Å². The molecule has 1 N–H and O–H groups in total. The fourth-order valence-corrected chi connectivity index (χ4v) is 2.77. The summed E-state index contributed by atoms with van der Waals surface area (Å²) in [6.45, 7) is 5.91. The summed E-state index contributed by atoms with van der Waals surface area (Å²) in [5, 5.41) is 4.61. The predicted molar refractivity (Wildman–Crippen MR) is 87.3 cm³/mol. The Bertz CT molecular complexity index is 747. The van der Waals surface area contributed by atoms with Crippen LogP contribution in [-0.4, -0.2) is 16.1 Å². The average Bonchev–Trinajstić information content (AvgIpc) is 3.05. The number of aryl methyl sites for hydroxylation is 1. The number of halogens is 1. The summed E-state index contributed by atoms with van der Waals surface area (Å²) in [7, 11) is 0. The minimum Gasteiger partial charge on any atom is -0.459 e. The van der Waals surface area contributed by atoms with Gasteiger partial charge in [0.05, 0.1) is 6.04 Å². The maximum atomic E-state index is 5.89. The molecule has 3 rings (SSSR count). The van der Waals surface area contributed by atoms with Crippen LogP contribution < -0.4 is 5.32 Å². The Labute approximate surface area is 132 Å². The van der Waals surface area contributed by atoms with Gasteiger partial charge in [-0.05, 0) is 38.1 Å². The quantitative estimate of drug-likeness (QED) is 0.756. The topological polar surface area (TPSA) is 43.0 Å². The number of fused-ring (bicyclic) bond motifs is 1. The number of aromatic nitrogens is 2. The van der Waals surface area contributed by atoms with E-state index in [2.05, 4.69) is 49.9 Å². The van der Waals surface area contributed by atoms with Gasteiger partial charge in [0.1, 0.15) is 17.2 Å². The first-order valence-corrected chi connectivity index (χ1v) is 7.83. The molecule has 2 aromatic heterocycles. The second kappa shape index (κ2) is 6.03. The molecule has 0 aliphatic rings. The normalized spacial score (nSPS) is 12.9. The smallest absolute Gasteiger partial charge is 0.134 e. The van der Waals surface area contributed by atoms with Crippen LogP contribution in [0.15, 0.2) is 45.5 Å². The number of furan rings is 1. The van der Waals surface area contributed by atoms with E-state index in [1.54, 1.807) is 0 Å². The molecule has 110 valence electrons. The molecule has 0 amide bonds. The Hall–Kier alpha value is -1.59. The number of hydrogen-bond donors (Lipinski definition) is 1. The minimum atomic E-state index is 0.181. The fourth-order valence-electron chi connectivity index (χ4n) is 2.39. The van der Waals surface area contributed by atoms with Gasteiger partial charge in [-0.15, -0.1) is 0 Å². The molecular weight excluding hydrogens is 330 g/mol. The molecule has 21 heavy (non-hydrogen) atoms. The van der Waals surface area contributed by atoms with Crippen LogP contribution in [0, 0.1) is 6.92 Å². The molecule has 0 radical (unpaired) electrons. The van der Waals surface area contributed by atoms with Crippen LogP contribution in [0.2, 0.25) is 0 Å². The Kier molecular flexibility index (Phi) is 4.12. The summed E-state index contributed by atoms with van der Waals surface area (Å²) in [6.07, 6.45) is 3.83. The molecule has 0 bridgehead atoms. The lowest BCUT2D eigenvalue weighted by atomic mass is 10.2. The van der Waals surface area contributed by atoms with Crippen LogP contribution >= 0.6 is 15.9 Å². The molecule has 1 atom stereocenters. The van der Waals surface area contributed by atoms with Crippen molar-refractivity contribution in [2.45, 2.75) is 26.4 Å². The van der Waals surface area contributed by atoms with Crippen molar-refractivity contribution < 1.29 is 4.42 Å². The third kappa shape index (κ3) is 3.19. The van der Waals surface area contributed by atoms with Gasteiger partial charge in [0.25, 0.3) is 0 Å². The largest absolute Gasteiger partial charge is 0.459 e. The fraction of sp³-hybridized carbons (Fsp3) is 0.312. The first-order chi connectivity index (χ1) is 10.1. The number of benzene rings is 1. The summed E-state index contributed by atoms with van der Waals surface area (Å²) in [5.41, 5.74) is 0.923. The maximum Gasteiger partial charge on any atom is 0.134 e. The molecular formula is C16H18BrN3O. The third-order valence-corrected chi connectivity index (χ3v) is 4.14. The number of hydrogen-bond acceptors (Lipinski definition) is 3. The highest BCUT2D eigenvalue weighted by molar-refractivity contribution is 9.10. The second-order valence-electron chi connectivity index (χ2n) is 5.17. The monoisotopic (exact) mass is 347 g/mol. The molecule has 0 saturated heterocycles. The number of imidazole rings is 1. The molecule has 1 aromatic carbocycles. The summed E-state index contributed by atoms with van der Waals surface area (Å²) in [5.74, 6) is 2.00. The lowest BCUT2D eigenvalue weighted by molar-refractivity contribution is 0.440. The zero-order chi connectivity index (χ0) is 14.8. The molecule has 0 aliphatic carbocycles. The van der Waals surface area contributed by atoms with Crippen molar-refractivity contribution in [3.05, 3.63) is 52.7 Å². The van der Waals surface area contributed by atoms with E-state index >= 15 is 0 Å². The molecule has 3 aromatic rings. The second-order valence-corrected chi connectivity index (χ2v) is 6.09. The standard InChI is InChI=1S/C16H18BrN3O/c1-11(18-5-7-20-8-6-19-12(20)2)16-10-13-9-14(17)3-4-15(13)21-16/h3-4,6,8-11,18H,5,7H2,1-2H3. The molecule has 1 unspecified atom stereocenters. The summed E-state index contributed by atoms with van der Waals surface area (Å²) in [6, 6.07) is 8.34. The summed E-state index contributed by atoms with van der Waals surface area (Å²) >= 11 is 3.48. The third-order valence-electron chi connectivity index (χ3n) is 3.65. The van der Waals surface area contributed by atoms with E-state index in [-0.39, 0.29) is 6.04 Å². The Morgan fingerprint density at radius 3 is 3.00 bits per heavy atom. The predicted octanol–water partition coefficient (Wildman–Crippen LogP) is 4.05. The molecule has 2 heterocycles. The van der Waals surface area contributed by atoms with Crippen molar-refractivity contribution in [1.29, 1.82) is 0 Å². The first-order valence-electron chi connectivity index (χ1n) is 7.03. The highest BCUT2D eigenvalue weighted by Crippen LogP contribution is 2.26. The van der Waals surface area contributed by atoms with Crippen LogP contribution in [-0.2, 0) is 6.54 Å². The van der Waals surface area contributed by atoms with Gasteiger partial charge in [-0.3, -0.25) is 0 Å². The van der Waals surface area contributed by atoms with Crippen molar-refractivity contribution >= 4 is 26.9 Å². The lowest BCUT2D eigenvalue weighted by Crippen LogP contribution is -2.23. The van der Waals surface area contributed by atoms with Gasteiger partial charge < -0.3 is 14.3 Å². The van der Waals surface area contributed by atoms with Crippen LogP contribution in [0.3, 0.4) is 0 Å². The number of nitrogens with zero attached hydrogens (tertiary/aromatic N) is 2. The molecule has 0 fully saturated rings. The molecule has 0 aliphatic heterocycles. The molecule has 5 heteroatoms. The van der Waals surface area contributed by atoms with Crippen LogP contribution in [0.1, 0.15) is 24.6 Å². The van der Waals surface area contributed by atoms with Crippen molar-refractivity contribution in [2.75, 3.05) is 6.54 Å². The first kappa shape index (κ1) is 14.4. The van der Waals surface area contributed by atoms with Gasteiger partial charge in [0.15, 0.2) is 0 Å². The van der Waals surface area contributed by atoms with Crippen molar-refractivity contribution in [1.82, 2.24) is 14.9 Å². The summed E-state index contributed by atoms with van der Waals surface area (Å²) in [4.78, 5) is 4.22. The number of nitrogens with one attached hydrogen (secondary N) is 1. The van der Waals surface area contributed by atoms with E-state index in [4.69, 9.17) is 4.42 Å². The molecule has 0 spiro atoms. The zero-order valence-corrected chi connectivity index (χ0v) is 13.7. The van der Waals surface area contributed by atoms with Gasteiger partial charge in [-0.1, -0.05) is 15.9 Å². The van der Waals surface area contributed by atoms with Crippen LogP contribution in [0.25, 0.3) is 11.0 Å². The van der Waals surface area contributed by atoms with E-state index in [1.807, 2.05) is 31.5 Å². The maximum absolute atomic E-state index is 5.89. The Morgan fingerprint density at radius 2 is 2.24 bits per heavy atom. The Morgan fingerprint density at radius 1 is 1.38 bits per heavy atom. The van der Waals surface area contributed by atoms with Crippen molar-refractivity contribution in [3.8, 4) is 0 Å². The zero-order valence-electron chi connectivity index (χ0n) is 12.1. The highest BCUT2D eigenvalue weighted by atomic mass is 79.9. The number of rotatable bonds is 5. The minimum absolute atomic E-state index is 0.181. The lowest BCUT2D eigenvalue weighted by Gasteiger charge is -2.12. The SMILES string of the molecule is Cc1nccn1CCNC(C)c1cc2cc(Br)ccc2o1. The van der Waals surface area contributed by atoms with Crippen LogP contribution in [0.4, 0.5) is 0 Å². The van der Waals surface area contributed by atoms with Crippen molar-refractivity contribution in [3.63, 3.8) is 0 Å². The van der Waals surface area contributed by atoms with Gasteiger partial charge in [-0.2, -0.15) is 0 Å². The van der Waals surface area contributed by atoms with Crippen LogP contribution in [0.5, 0.6) is 0 Å². The van der Waals surface area contributed by atoms with Gasteiger partial charge in [0, 0.05) is 35.3 Å². The van der Waals surface area contributed by atoms with Gasteiger partial charge in [0.2, 0.25) is 0 Å². The Balaban J connectivity index is 1.64.